The molecule has 0 aliphatic carbocycles. The van der Waals surface area contributed by atoms with Gasteiger partial charge in [-0.25, -0.2) is 0 Å². The quantitative estimate of drug-likeness (QED) is 0.0866. The van der Waals surface area contributed by atoms with E-state index in [-0.39, 0.29) is 5.82 Å². The number of ether oxygens (including phenoxy) is 7. The molecule has 0 N–H and O–H groups in total. The summed E-state index contributed by atoms with van der Waals surface area (Å²) in [7, 11) is 4.95. The van der Waals surface area contributed by atoms with Gasteiger partial charge < -0.3 is 47.8 Å². The molecule has 1 aromatic heterocycles. The molecule has 0 amide bonds. The average Bonchev–Trinajstić information content (AvgIpc) is 3.51. The van der Waals surface area contributed by atoms with Gasteiger partial charge in [0.2, 0.25) is 6.33 Å². The summed E-state index contributed by atoms with van der Waals surface area (Å²) in [5.41, 5.74) is 2.42. The summed E-state index contributed by atoms with van der Waals surface area (Å²) >= 11 is 0. The Hall–Kier alpha value is -3.87. The van der Waals surface area contributed by atoms with Crippen LogP contribution in [0.15, 0.2) is 48.9 Å². The lowest BCUT2D eigenvalue weighted by atomic mass is 9.85. The summed E-state index contributed by atoms with van der Waals surface area (Å²) in [6.45, 7) is 8.00. The third-order valence-corrected chi connectivity index (χ3v) is 7.29. The molecule has 242 valence electrons. The number of methoxy groups -OCH3 is 3. The van der Waals surface area contributed by atoms with Crippen molar-refractivity contribution in [3.8, 4) is 23.0 Å². The second-order valence-corrected chi connectivity index (χ2v) is 10.4. The van der Waals surface area contributed by atoms with Gasteiger partial charge in [-0.2, -0.15) is 0 Å². The highest BCUT2D eigenvalue weighted by Gasteiger charge is 2.16. The van der Waals surface area contributed by atoms with Crippen molar-refractivity contribution in [2.75, 3.05) is 67.6 Å². The van der Waals surface area contributed by atoms with Gasteiger partial charge in [0.05, 0.1) is 61.0 Å². The van der Waals surface area contributed by atoms with Crippen LogP contribution in [0.1, 0.15) is 25.0 Å². The number of benzene rings is 2. The van der Waals surface area contributed by atoms with E-state index in [2.05, 4.69) is 37.0 Å². The van der Waals surface area contributed by atoms with Crippen molar-refractivity contribution >= 4 is 5.82 Å². The van der Waals surface area contributed by atoms with Crippen molar-refractivity contribution in [1.29, 1.82) is 0 Å². The molecular weight excluding hydrogens is 570 g/mol. The Bertz CT molecular complexity index is 1280. The molecule has 1 heterocycles. The third-order valence-electron chi connectivity index (χ3n) is 7.29. The first-order valence-corrected chi connectivity index (χ1v) is 14.7. The first kappa shape index (κ1) is 34.6. The zero-order valence-electron chi connectivity index (χ0n) is 26.4. The zero-order chi connectivity index (χ0) is 31.7. The highest BCUT2D eigenvalue weighted by Crippen LogP contribution is 2.32. The van der Waals surface area contributed by atoms with Crippen LogP contribution in [0.2, 0.25) is 0 Å². The second kappa shape index (κ2) is 18.7. The predicted octanol–water partition coefficient (Wildman–Crippen LogP) is 5.00. The summed E-state index contributed by atoms with van der Waals surface area (Å²) in [5.74, 6) is 3.62. The van der Waals surface area contributed by atoms with Crippen molar-refractivity contribution in [2.45, 2.75) is 33.2 Å². The maximum atomic E-state index is 10.6. The molecule has 0 spiro atoms. The third kappa shape index (κ3) is 11.3. The molecule has 0 saturated carbocycles. The maximum Gasteiger partial charge on any atom is 0.381 e. The van der Waals surface area contributed by atoms with Crippen molar-refractivity contribution < 1.29 is 38.1 Å². The van der Waals surface area contributed by atoms with Gasteiger partial charge in [-0.3, -0.25) is 0 Å². The molecule has 0 bridgehead atoms. The zero-order valence-corrected chi connectivity index (χ0v) is 26.4. The van der Waals surface area contributed by atoms with Crippen LogP contribution in [-0.2, 0) is 33.6 Å². The summed E-state index contributed by atoms with van der Waals surface area (Å²) in [6.07, 6.45) is 4.66. The van der Waals surface area contributed by atoms with E-state index < -0.39 is 4.92 Å². The van der Waals surface area contributed by atoms with Crippen LogP contribution in [0.5, 0.6) is 23.0 Å². The van der Waals surface area contributed by atoms with Gasteiger partial charge in [0, 0.05) is 6.54 Å². The van der Waals surface area contributed by atoms with E-state index in [1.165, 1.54) is 23.7 Å². The van der Waals surface area contributed by atoms with Gasteiger partial charge in [0.25, 0.3) is 0 Å². The molecule has 44 heavy (non-hydrogen) atoms. The number of rotatable bonds is 22. The van der Waals surface area contributed by atoms with E-state index in [1.54, 1.807) is 25.9 Å². The second-order valence-electron chi connectivity index (χ2n) is 10.4. The van der Waals surface area contributed by atoms with E-state index in [4.69, 9.17) is 33.2 Å². The topological polar surface area (TPSA) is 126 Å². The largest absolute Gasteiger partial charge is 0.493 e. The Balaban J connectivity index is 1.28. The standard InChI is InChI=1S/C32H45N3O9/c1-24(18-26-6-8-28(38-3)30(20-26)39-4)25(2)19-27-7-9-29(31(21-27)40-5)44-17-16-43-15-14-42-13-12-41-11-10-34-22-32(33-23-34)35(36)37/h6-9,20-25H,10-19H2,1-5H3/t24-,25+/m0/s1. The molecule has 0 aliphatic heterocycles. The summed E-state index contributed by atoms with van der Waals surface area (Å²) in [5, 5.41) is 10.6. The summed E-state index contributed by atoms with van der Waals surface area (Å²) < 4.78 is 40.5. The Morgan fingerprint density at radius 3 is 1.75 bits per heavy atom. The maximum absolute atomic E-state index is 10.6. The lowest BCUT2D eigenvalue weighted by Crippen LogP contribution is -2.14. The first-order chi connectivity index (χ1) is 21.3. The van der Waals surface area contributed by atoms with Crippen LogP contribution in [0.25, 0.3) is 0 Å². The molecule has 3 rings (SSSR count). The van der Waals surface area contributed by atoms with Crippen molar-refractivity contribution in [2.24, 2.45) is 11.8 Å². The number of hydrogen-bond donors (Lipinski definition) is 0. The lowest BCUT2D eigenvalue weighted by molar-refractivity contribution is -0.389. The minimum atomic E-state index is -0.527. The molecule has 0 unspecified atom stereocenters. The highest BCUT2D eigenvalue weighted by atomic mass is 16.6. The molecule has 0 aliphatic rings. The fourth-order valence-corrected chi connectivity index (χ4v) is 4.60. The smallest absolute Gasteiger partial charge is 0.381 e. The number of nitro groups is 1. The number of hydrogen-bond acceptors (Lipinski definition) is 10. The van der Waals surface area contributed by atoms with Crippen LogP contribution in [0.3, 0.4) is 0 Å². The molecule has 0 fully saturated rings. The molecule has 12 nitrogen and oxygen atoms in total. The predicted molar refractivity (Wildman–Crippen MR) is 165 cm³/mol. The molecule has 0 radical (unpaired) electrons. The molecule has 12 heteroatoms. The van der Waals surface area contributed by atoms with Gasteiger partial charge in [-0.05, 0) is 70.0 Å². The number of nitrogens with zero attached hydrogens (tertiary/aromatic N) is 3. The van der Waals surface area contributed by atoms with E-state index in [1.807, 2.05) is 18.2 Å². The normalized spacial score (nSPS) is 12.5. The van der Waals surface area contributed by atoms with Crippen LogP contribution >= 0.6 is 0 Å². The first-order valence-electron chi connectivity index (χ1n) is 14.7. The minimum absolute atomic E-state index is 0.175. The van der Waals surface area contributed by atoms with Crippen LogP contribution in [0, 0.1) is 22.0 Å². The fourth-order valence-electron chi connectivity index (χ4n) is 4.60. The molecule has 2 atom stereocenters. The molecule has 3 aromatic rings. The van der Waals surface area contributed by atoms with Gasteiger partial charge >= 0.3 is 5.82 Å². The average molecular weight is 616 g/mol. The summed E-state index contributed by atoms with van der Waals surface area (Å²) in [6, 6.07) is 12.2. The van der Waals surface area contributed by atoms with Gasteiger partial charge in [-0.15, -0.1) is 0 Å². The van der Waals surface area contributed by atoms with Gasteiger partial charge in [-0.1, -0.05) is 26.0 Å². The monoisotopic (exact) mass is 615 g/mol. The van der Waals surface area contributed by atoms with Gasteiger partial charge in [0.15, 0.2) is 23.0 Å². The highest BCUT2D eigenvalue weighted by molar-refractivity contribution is 5.44. The SMILES string of the molecule is COc1ccc(C[C@H](C)[C@H](C)Cc2ccc(OCCOCCOCCOCCn3cnc([N+](=O)[O-])c3)c(OC)c2)cc1OC. The van der Waals surface area contributed by atoms with E-state index in [9.17, 15) is 10.1 Å². The fraction of sp³-hybridized carbons (Fsp3) is 0.531. The van der Waals surface area contributed by atoms with Crippen LogP contribution in [-0.4, -0.2) is 82.1 Å². The Morgan fingerprint density at radius 2 is 1.23 bits per heavy atom. The molecular formula is C32H45N3O9. The van der Waals surface area contributed by atoms with Crippen molar-refractivity contribution in [3.05, 3.63) is 70.2 Å². The van der Waals surface area contributed by atoms with Gasteiger partial charge in [0.1, 0.15) is 12.8 Å². The minimum Gasteiger partial charge on any atom is -0.493 e. The number of imidazole rings is 1. The Labute approximate surface area is 259 Å². The summed E-state index contributed by atoms with van der Waals surface area (Å²) in [4.78, 5) is 13.8. The Kier molecular flexibility index (Phi) is 14.7. The van der Waals surface area contributed by atoms with E-state index in [0.29, 0.717) is 76.1 Å². The Morgan fingerprint density at radius 1 is 0.727 bits per heavy atom. The van der Waals surface area contributed by atoms with E-state index >= 15 is 0 Å². The van der Waals surface area contributed by atoms with Crippen LogP contribution in [0.4, 0.5) is 5.82 Å². The molecule has 2 aromatic carbocycles. The molecule has 0 saturated heterocycles. The number of aromatic nitrogens is 2. The van der Waals surface area contributed by atoms with E-state index in [0.717, 1.165) is 24.3 Å². The van der Waals surface area contributed by atoms with Crippen molar-refractivity contribution in [1.82, 2.24) is 9.55 Å². The van der Waals surface area contributed by atoms with Crippen molar-refractivity contribution in [3.63, 3.8) is 0 Å². The van der Waals surface area contributed by atoms with Crippen LogP contribution < -0.4 is 18.9 Å². The lowest BCUT2D eigenvalue weighted by Gasteiger charge is -2.21.